The minimum Gasteiger partial charge on any atom is -0.312 e. The van der Waals surface area contributed by atoms with Gasteiger partial charge in [0.1, 0.15) is 0 Å². The Bertz CT molecular complexity index is 1080. The number of nitrogens with zero attached hydrogens (tertiary/aromatic N) is 2. The first-order valence-corrected chi connectivity index (χ1v) is 8.89. The van der Waals surface area contributed by atoms with Crippen LogP contribution in [0.15, 0.2) is 89.9 Å². The van der Waals surface area contributed by atoms with Gasteiger partial charge >= 0.3 is 0 Å². The van der Waals surface area contributed by atoms with E-state index in [9.17, 15) is 4.79 Å². The van der Waals surface area contributed by atoms with Crippen LogP contribution >= 0.6 is 11.3 Å². The van der Waals surface area contributed by atoms with Crippen LogP contribution in [0.5, 0.6) is 0 Å². The monoisotopic (exact) mass is 344 g/mol. The average molecular weight is 344 g/mol. The Morgan fingerprint density at radius 1 is 0.840 bits per heavy atom. The molecule has 1 amide bonds. The third-order valence-corrected chi connectivity index (χ3v) is 5.05. The zero-order valence-corrected chi connectivity index (χ0v) is 14.3. The largest absolute Gasteiger partial charge is 0.312 e. The summed E-state index contributed by atoms with van der Waals surface area (Å²) in [7, 11) is 0. The molecule has 3 aromatic carbocycles. The normalized spacial score (nSPS) is 11.8. The number of hydrogen-bond acceptors (Lipinski definition) is 2. The van der Waals surface area contributed by atoms with Crippen molar-refractivity contribution >= 4 is 27.5 Å². The van der Waals surface area contributed by atoms with E-state index in [2.05, 4.69) is 33.8 Å². The van der Waals surface area contributed by atoms with Crippen molar-refractivity contribution in [3.63, 3.8) is 0 Å². The molecule has 4 heteroatoms. The molecule has 0 unspecified atom stereocenters. The molecule has 122 valence electrons. The molecule has 0 bridgehead atoms. The average Bonchev–Trinajstić information content (AvgIpc) is 3.00. The van der Waals surface area contributed by atoms with E-state index in [0.29, 0.717) is 12.1 Å². The molecule has 25 heavy (non-hydrogen) atoms. The second-order valence-electron chi connectivity index (χ2n) is 5.71. The number of rotatable bonds is 3. The van der Waals surface area contributed by atoms with Gasteiger partial charge in [0.15, 0.2) is 4.80 Å². The summed E-state index contributed by atoms with van der Waals surface area (Å²) in [5.41, 5.74) is 2.88. The van der Waals surface area contributed by atoms with Crippen molar-refractivity contribution in [3.8, 4) is 0 Å². The molecular weight excluding hydrogens is 328 g/mol. The summed E-state index contributed by atoms with van der Waals surface area (Å²) in [4.78, 5) is 17.6. The Kier molecular flexibility index (Phi) is 4.27. The van der Waals surface area contributed by atoms with E-state index in [4.69, 9.17) is 0 Å². The van der Waals surface area contributed by atoms with E-state index in [1.54, 1.807) is 23.5 Å². The molecule has 0 aliphatic carbocycles. The maximum atomic E-state index is 12.5. The molecule has 4 rings (SSSR count). The predicted molar refractivity (Wildman–Crippen MR) is 102 cm³/mol. The molecule has 0 fully saturated rings. The lowest BCUT2D eigenvalue weighted by atomic mass is 10.2. The molecule has 0 aliphatic heterocycles. The first-order valence-electron chi connectivity index (χ1n) is 8.08. The van der Waals surface area contributed by atoms with Gasteiger partial charge in [-0.15, -0.1) is 0 Å². The van der Waals surface area contributed by atoms with Gasteiger partial charge in [-0.05, 0) is 29.8 Å². The number of aromatic nitrogens is 1. The van der Waals surface area contributed by atoms with Crippen LogP contribution in [-0.4, -0.2) is 10.5 Å². The Morgan fingerprint density at radius 3 is 2.24 bits per heavy atom. The third-order valence-electron chi connectivity index (χ3n) is 3.99. The predicted octanol–water partition coefficient (Wildman–Crippen LogP) is 4.49. The van der Waals surface area contributed by atoms with E-state index < -0.39 is 0 Å². The molecule has 0 N–H and O–H groups in total. The summed E-state index contributed by atoms with van der Waals surface area (Å²) < 4.78 is 3.23. The topological polar surface area (TPSA) is 34.4 Å². The highest BCUT2D eigenvalue weighted by Crippen LogP contribution is 2.18. The number of hydrogen-bond donors (Lipinski definition) is 0. The number of carbonyl (C=O) groups excluding carboxylic acids is 1. The maximum absolute atomic E-state index is 12.5. The van der Waals surface area contributed by atoms with Gasteiger partial charge in [-0.3, -0.25) is 4.79 Å². The summed E-state index contributed by atoms with van der Waals surface area (Å²) in [6.07, 6.45) is 0. The molecule has 4 aromatic rings. The molecule has 0 spiro atoms. The Morgan fingerprint density at radius 2 is 1.48 bits per heavy atom. The van der Waals surface area contributed by atoms with Crippen LogP contribution in [0.1, 0.15) is 15.9 Å². The highest BCUT2D eigenvalue weighted by Gasteiger charge is 2.09. The first-order chi connectivity index (χ1) is 12.3. The van der Waals surface area contributed by atoms with E-state index in [-0.39, 0.29) is 5.91 Å². The van der Waals surface area contributed by atoms with Crippen LogP contribution in [0.25, 0.3) is 10.2 Å². The lowest BCUT2D eigenvalue weighted by Gasteiger charge is -2.05. The van der Waals surface area contributed by atoms with Crippen LogP contribution < -0.4 is 4.80 Å². The lowest BCUT2D eigenvalue weighted by molar-refractivity contribution is 0.0998. The molecule has 1 heterocycles. The fraction of sp³-hybridized carbons (Fsp3) is 0.0476. The Hall–Kier alpha value is -2.98. The van der Waals surface area contributed by atoms with Crippen LogP contribution in [0.3, 0.4) is 0 Å². The van der Waals surface area contributed by atoms with Gasteiger partial charge in [-0.2, -0.15) is 4.99 Å². The van der Waals surface area contributed by atoms with Gasteiger partial charge in [0.25, 0.3) is 5.91 Å². The molecule has 0 atom stereocenters. The van der Waals surface area contributed by atoms with Gasteiger partial charge in [-0.25, -0.2) is 0 Å². The second kappa shape index (κ2) is 6.87. The fourth-order valence-corrected chi connectivity index (χ4v) is 3.78. The summed E-state index contributed by atoms with van der Waals surface area (Å²) in [6.45, 7) is 0.686. The molecule has 0 aliphatic rings. The van der Waals surface area contributed by atoms with Crippen LogP contribution in [0.2, 0.25) is 0 Å². The molecule has 3 nitrogen and oxygen atoms in total. The smallest absolute Gasteiger partial charge is 0.279 e. The summed E-state index contributed by atoms with van der Waals surface area (Å²) in [5, 5.41) is 0. The van der Waals surface area contributed by atoms with Crippen molar-refractivity contribution < 1.29 is 4.79 Å². The summed E-state index contributed by atoms with van der Waals surface area (Å²) >= 11 is 1.54. The molecule has 0 radical (unpaired) electrons. The fourth-order valence-electron chi connectivity index (χ4n) is 2.76. The van der Waals surface area contributed by atoms with E-state index >= 15 is 0 Å². The molecular formula is C21H16N2OS. The second-order valence-corrected chi connectivity index (χ2v) is 6.72. The molecule has 0 saturated heterocycles. The van der Waals surface area contributed by atoms with Gasteiger partial charge in [0, 0.05) is 5.56 Å². The number of fused-ring (bicyclic) bond motifs is 1. The third kappa shape index (κ3) is 3.30. The summed E-state index contributed by atoms with van der Waals surface area (Å²) in [6, 6.07) is 27.6. The highest BCUT2D eigenvalue weighted by molar-refractivity contribution is 7.16. The van der Waals surface area contributed by atoms with E-state index in [0.717, 1.165) is 15.0 Å². The quantitative estimate of drug-likeness (QED) is 0.539. The Labute approximate surface area is 149 Å². The number of thiazole rings is 1. The molecule has 1 aromatic heterocycles. The van der Waals surface area contributed by atoms with Gasteiger partial charge in [0.05, 0.1) is 16.8 Å². The van der Waals surface area contributed by atoms with Crippen molar-refractivity contribution in [2.45, 2.75) is 6.54 Å². The maximum Gasteiger partial charge on any atom is 0.279 e. The van der Waals surface area contributed by atoms with Crippen molar-refractivity contribution in [1.82, 2.24) is 4.57 Å². The van der Waals surface area contributed by atoms with Crippen molar-refractivity contribution in [3.05, 3.63) is 101 Å². The standard InChI is InChI=1S/C21H16N2OS/c24-20(17-11-5-2-6-12-17)22-21-23(15-16-9-3-1-4-10-16)18-13-7-8-14-19(18)25-21/h1-14H,15H2. The van der Waals surface area contributed by atoms with Crippen LogP contribution in [0.4, 0.5) is 0 Å². The van der Waals surface area contributed by atoms with Crippen molar-refractivity contribution in [2.75, 3.05) is 0 Å². The van der Waals surface area contributed by atoms with Crippen LogP contribution in [0, 0.1) is 0 Å². The molecule has 0 saturated carbocycles. The summed E-state index contributed by atoms with van der Waals surface area (Å²) in [5.74, 6) is -0.214. The van der Waals surface area contributed by atoms with Gasteiger partial charge in [0.2, 0.25) is 0 Å². The number of para-hydroxylation sites is 1. The number of amides is 1. The highest BCUT2D eigenvalue weighted by atomic mass is 32.1. The van der Waals surface area contributed by atoms with Gasteiger partial charge < -0.3 is 4.57 Å². The lowest BCUT2D eigenvalue weighted by Crippen LogP contribution is -2.17. The first kappa shape index (κ1) is 15.5. The SMILES string of the molecule is O=C(N=c1sc2ccccc2n1Cc1ccccc1)c1ccccc1. The van der Waals surface area contributed by atoms with Gasteiger partial charge in [-0.1, -0.05) is 72.0 Å². The van der Waals surface area contributed by atoms with Crippen molar-refractivity contribution in [1.29, 1.82) is 0 Å². The Balaban J connectivity index is 1.84. The van der Waals surface area contributed by atoms with Crippen molar-refractivity contribution in [2.24, 2.45) is 4.99 Å². The number of benzene rings is 3. The van der Waals surface area contributed by atoms with E-state index in [1.165, 1.54) is 5.56 Å². The number of carbonyl (C=O) groups is 1. The minimum atomic E-state index is -0.214. The van der Waals surface area contributed by atoms with Crippen LogP contribution in [-0.2, 0) is 6.54 Å². The van der Waals surface area contributed by atoms with E-state index in [1.807, 2.05) is 48.5 Å². The minimum absolute atomic E-state index is 0.214. The zero-order valence-electron chi connectivity index (χ0n) is 13.5. The zero-order chi connectivity index (χ0) is 17.1.